The molecule has 186 valence electrons. The number of carboxylic acids is 1. The van der Waals surface area contributed by atoms with Gasteiger partial charge in [0.2, 0.25) is 5.91 Å². The standard InChI is InChI=1S/C17H29NO14/c1-5(21)18-9-6(22)2-17(16(28)29,31-13(9)10(24)7(23)3-19)32-14-11(25)8(4-20)30-15(27)12(14)26/h6-15,19-20,22-27H,2-4H2,1H3,(H,18,21)(H,28,29)/t6-,7+,8+,9-,10+,11-,12+,13+,14-,15?,17-/m0/s1. The van der Waals surface area contributed by atoms with Crippen molar-refractivity contribution in [2.24, 2.45) is 0 Å². The van der Waals surface area contributed by atoms with E-state index in [1.807, 2.05) is 0 Å². The fourth-order valence-corrected chi connectivity index (χ4v) is 3.67. The monoisotopic (exact) mass is 471 g/mol. The van der Waals surface area contributed by atoms with Gasteiger partial charge in [0.1, 0.15) is 42.7 Å². The SMILES string of the molecule is CC(=O)N[C@@H]1[C@H]([C@H](O)[C@H](O)CO)O[C@@](O[C@H]2[C@@H](O)[C@@H](CO)OC(O)[C@@H]2O)(C(=O)O)C[C@@H]1O. The molecule has 11 atom stereocenters. The zero-order chi connectivity index (χ0) is 24.4. The van der Waals surface area contributed by atoms with Gasteiger partial charge in [0.15, 0.2) is 6.29 Å². The molecule has 2 heterocycles. The molecule has 1 amide bonds. The van der Waals surface area contributed by atoms with Crippen molar-refractivity contribution in [3.63, 3.8) is 0 Å². The van der Waals surface area contributed by atoms with Crippen LogP contribution in [0, 0.1) is 0 Å². The van der Waals surface area contributed by atoms with Crippen molar-refractivity contribution >= 4 is 11.9 Å². The lowest BCUT2D eigenvalue weighted by Crippen LogP contribution is -2.70. The topological polar surface area (TPSA) is 256 Å². The Hall–Kier alpha value is -1.50. The van der Waals surface area contributed by atoms with Gasteiger partial charge < -0.3 is 65.5 Å². The number of ether oxygens (including phenoxy) is 3. The molecular formula is C17H29NO14. The highest BCUT2D eigenvalue weighted by Crippen LogP contribution is 2.37. The molecule has 0 radical (unpaired) electrons. The fourth-order valence-electron chi connectivity index (χ4n) is 3.67. The number of hydrogen-bond donors (Lipinski definition) is 10. The van der Waals surface area contributed by atoms with Gasteiger partial charge in [-0.05, 0) is 0 Å². The van der Waals surface area contributed by atoms with Crippen molar-refractivity contribution < 1.29 is 69.8 Å². The molecule has 1 unspecified atom stereocenters. The van der Waals surface area contributed by atoms with Crippen molar-refractivity contribution in [2.45, 2.75) is 80.3 Å². The van der Waals surface area contributed by atoms with E-state index in [1.165, 1.54) is 0 Å². The Balaban J connectivity index is 2.42. The molecule has 2 aliphatic heterocycles. The van der Waals surface area contributed by atoms with Gasteiger partial charge in [-0.1, -0.05) is 0 Å². The molecule has 0 saturated carbocycles. The van der Waals surface area contributed by atoms with Crippen LogP contribution < -0.4 is 5.32 Å². The number of amides is 1. The third-order valence-electron chi connectivity index (χ3n) is 5.35. The smallest absolute Gasteiger partial charge is 0.364 e. The van der Waals surface area contributed by atoms with Crippen LogP contribution >= 0.6 is 0 Å². The van der Waals surface area contributed by atoms with Crippen LogP contribution in [0.3, 0.4) is 0 Å². The number of aliphatic carboxylic acids is 1. The molecule has 0 aromatic rings. The summed E-state index contributed by atoms with van der Waals surface area (Å²) in [5.41, 5.74) is 0. The normalized spacial score (nSPS) is 42.2. The van der Waals surface area contributed by atoms with E-state index in [2.05, 4.69) is 5.32 Å². The molecule has 2 saturated heterocycles. The summed E-state index contributed by atoms with van der Waals surface area (Å²) in [6.45, 7) is -0.741. The number of rotatable bonds is 8. The Morgan fingerprint density at radius 1 is 1.16 bits per heavy atom. The number of carboxylic acid groups (broad SMARTS) is 1. The van der Waals surface area contributed by atoms with Gasteiger partial charge in [0.05, 0.1) is 25.4 Å². The maximum Gasteiger partial charge on any atom is 0.364 e. The molecule has 2 rings (SSSR count). The van der Waals surface area contributed by atoms with E-state index >= 15 is 0 Å². The molecule has 15 heteroatoms. The molecule has 32 heavy (non-hydrogen) atoms. The van der Waals surface area contributed by atoms with Gasteiger partial charge in [0.25, 0.3) is 5.79 Å². The second-order valence-electron chi connectivity index (χ2n) is 7.69. The quantitative estimate of drug-likeness (QED) is 0.158. The molecule has 0 aromatic carbocycles. The van der Waals surface area contributed by atoms with Crippen LogP contribution in [0.15, 0.2) is 0 Å². The number of aliphatic hydroxyl groups is 8. The minimum Gasteiger partial charge on any atom is -0.477 e. The van der Waals surface area contributed by atoms with E-state index < -0.39 is 98.5 Å². The summed E-state index contributed by atoms with van der Waals surface area (Å²) < 4.78 is 15.5. The Labute approximate surface area is 181 Å². The predicted octanol–water partition coefficient (Wildman–Crippen LogP) is -6.05. The number of carbonyl (C=O) groups excluding carboxylic acids is 1. The summed E-state index contributed by atoms with van der Waals surface area (Å²) in [6.07, 6.45) is -17.6. The zero-order valence-electron chi connectivity index (χ0n) is 17.0. The first-order chi connectivity index (χ1) is 14.9. The van der Waals surface area contributed by atoms with Crippen molar-refractivity contribution in [3.8, 4) is 0 Å². The Morgan fingerprint density at radius 2 is 1.78 bits per heavy atom. The van der Waals surface area contributed by atoms with Crippen molar-refractivity contribution in [1.29, 1.82) is 0 Å². The molecule has 10 N–H and O–H groups in total. The van der Waals surface area contributed by atoms with Crippen LogP contribution in [-0.2, 0) is 23.8 Å². The van der Waals surface area contributed by atoms with Crippen LogP contribution in [-0.4, -0.2) is 138 Å². The van der Waals surface area contributed by atoms with Gasteiger partial charge in [0, 0.05) is 13.3 Å². The third-order valence-corrected chi connectivity index (χ3v) is 5.35. The second kappa shape index (κ2) is 10.6. The van der Waals surface area contributed by atoms with Gasteiger partial charge in [-0.3, -0.25) is 4.79 Å². The first-order valence-electron chi connectivity index (χ1n) is 9.70. The number of hydrogen-bond acceptors (Lipinski definition) is 13. The van der Waals surface area contributed by atoms with E-state index in [1.54, 1.807) is 0 Å². The summed E-state index contributed by atoms with van der Waals surface area (Å²) >= 11 is 0. The van der Waals surface area contributed by atoms with Crippen molar-refractivity contribution in [3.05, 3.63) is 0 Å². The summed E-state index contributed by atoms with van der Waals surface area (Å²) in [7, 11) is 0. The molecule has 0 aromatic heterocycles. The minimum absolute atomic E-state index is 0.693. The molecule has 2 fully saturated rings. The average Bonchev–Trinajstić information content (AvgIpc) is 2.73. The lowest BCUT2D eigenvalue weighted by molar-refractivity contribution is -0.366. The Morgan fingerprint density at radius 3 is 2.28 bits per heavy atom. The van der Waals surface area contributed by atoms with Gasteiger partial charge in [-0.2, -0.15) is 0 Å². The highest BCUT2D eigenvalue weighted by atomic mass is 16.7. The molecule has 15 nitrogen and oxygen atoms in total. The number of nitrogens with one attached hydrogen (secondary N) is 1. The van der Waals surface area contributed by atoms with Crippen LogP contribution in [0.4, 0.5) is 0 Å². The zero-order valence-corrected chi connectivity index (χ0v) is 17.0. The van der Waals surface area contributed by atoms with Crippen molar-refractivity contribution in [1.82, 2.24) is 5.32 Å². The number of carbonyl (C=O) groups is 2. The first kappa shape index (κ1) is 26.7. The molecule has 0 bridgehead atoms. The van der Waals surface area contributed by atoms with Crippen molar-refractivity contribution in [2.75, 3.05) is 13.2 Å². The summed E-state index contributed by atoms with van der Waals surface area (Å²) in [5.74, 6) is -5.44. The average molecular weight is 471 g/mol. The largest absolute Gasteiger partial charge is 0.477 e. The Kier molecular flexibility index (Phi) is 8.88. The minimum atomic E-state index is -2.86. The van der Waals surface area contributed by atoms with Crippen LogP contribution in [0.1, 0.15) is 13.3 Å². The summed E-state index contributed by atoms with van der Waals surface area (Å²) in [4.78, 5) is 23.6. The summed E-state index contributed by atoms with van der Waals surface area (Å²) in [6, 6.07) is -1.44. The summed E-state index contributed by atoms with van der Waals surface area (Å²) in [5, 5.41) is 91.5. The van der Waals surface area contributed by atoms with Gasteiger partial charge in [-0.25, -0.2) is 4.79 Å². The second-order valence-corrected chi connectivity index (χ2v) is 7.69. The van der Waals surface area contributed by atoms with E-state index in [-0.39, 0.29) is 0 Å². The van der Waals surface area contributed by atoms with Gasteiger partial charge >= 0.3 is 5.97 Å². The third kappa shape index (κ3) is 5.35. The maximum atomic E-state index is 12.1. The molecule has 0 spiro atoms. The van der Waals surface area contributed by atoms with E-state index in [9.17, 15) is 50.4 Å². The molecule has 0 aliphatic carbocycles. The molecule has 2 aliphatic rings. The highest BCUT2D eigenvalue weighted by Gasteiger charge is 2.59. The van der Waals surface area contributed by atoms with Crippen LogP contribution in [0.25, 0.3) is 0 Å². The number of aliphatic hydroxyl groups excluding tert-OH is 8. The predicted molar refractivity (Wildman–Crippen MR) is 97.4 cm³/mol. The lowest BCUT2D eigenvalue weighted by atomic mass is 9.88. The van der Waals surface area contributed by atoms with Gasteiger partial charge in [-0.15, -0.1) is 0 Å². The lowest BCUT2D eigenvalue weighted by Gasteiger charge is -2.49. The van der Waals surface area contributed by atoms with Crippen LogP contribution in [0.5, 0.6) is 0 Å². The van der Waals surface area contributed by atoms with E-state index in [0.717, 1.165) is 6.92 Å². The highest BCUT2D eigenvalue weighted by molar-refractivity contribution is 5.76. The first-order valence-corrected chi connectivity index (χ1v) is 9.70. The molecular weight excluding hydrogens is 442 g/mol. The fraction of sp³-hybridized carbons (Fsp3) is 0.882. The van der Waals surface area contributed by atoms with Crippen LogP contribution in [0.2, 0.25) is 0 Å². The van der Waals surface area contributed by atoms with E-state index in [4.69, 9.17) is 19.3 Å². The Bertz CT molecular complexity index is 665. The van der Waals surface area contributed by atoms with E-state index in [0.29, 0.717) is 0 Å². The maximum absolute atomic E-state index is 12.1.